The lowest BCUT2D eigenvalue weighted by Crippen LogP contribution is -1.94. The Morgan fingerprint density at radius 2 is 2.06 bits per heavy atom. The Hall–Kier alpha value is -1.46. The Bertz CT molecular complexity index is 496. The molecule has 17 heavy (non-hydrogen) atoms. The van der Waals surface area contributed by atoms with E-state index < -0.39 is 0 Å². The lowest BCUT2D eigenvalue weighted by molar-refractivity contribution is 0.464. The molecule has 0 aliphatic carbocycles. The van der Waals surface area contributed by atoms with E-state index in [1.54, 1.807) is 0 Å². The van der Waals surface area contributed by atoms with Gasteiger partial charge in [0.1, 0.15) is 10.8 Å². The molecule has 0 bridgehead atoms. The molecule has 0 saturated carbocycles. The maximum atomic E-state index is 5.74. The fourth-order valence-electron chi connectivity index (χ4n) is 1.51. The van der Waals surface area contributed by atoms with Gasteiger partial charge >= 0.3 is 0 Å². The molecule has 0 aliphatic rings. The number of para-hydroxylation sites is 1. The molecular weight excluding hydrogens is 234 g/mol. The van der Waals surface area contributed by atoms with Gasteiger partial charge < -0.3 is 10.5 Å². The van der Waals surface area contributed by atoms with Crippen molar-refractivity contribution in [2.45, 2.75) is 26.3 Å². The Kier molecular flexibility index (Phi) is 3.71. The van der Waals surface area contributed by atoms with Crippen molar-refractivity contribution >= 4 is 11.3 Å². The van der Waals surface area contributed by atoms with E-state index in [0.29, 0.717) is 17.7 Å². The Labute approximate surface area is 104 Å². The minimum absolute atomic E-state index is 0.396. The summed E-state index contributed by atoms with van der Waals surface area (Å²) in [5, 5.41) is 9.19. The van der Waals surface area contributed by atoms with Crippen LogP contribution in [0.4, 0.5) is 0 Å². The number of nitrogens with two attached hydrogens (primary N) is 1. The first-order valence-corrected chi connectivity index (χ1v) is 6.31. The van der Waals surface area contributed by atoms with Gasteiger partial charge in [-0.1, -0.05) is 48.5 Å². The topological polar surface area (TPSA) is 61.0 Å². The van der Waals surface area contributed by atoms with Crippen LogP contribution in [0.2, 0.25) is 0 Å². The highest BCUT2D eigenvalue weighted by atomic mass is 32.1. The van der Waals surface area contributed by atoms with Crippen LogP contribution in [0.25, 0.3) is 0 Å². The molecule has 1 aromatic carbocycles. The lowest BCUT2D eigenvalue weighted by Gasteiger charge is -2.10. The number of benzene rings is 1. The van der Waals surface area contributed by atoms with E-state index >= 15 is 0 Å². The predicted octanol–water partition coefficient (Wildman–Crippen LogP) is 2.91. The van der Waals surface area contributed by atoms with E-state index in [4.69, 9.17) is 10.5 Å². The van der Waals surface area contributed by atoms with Gasteiger partial charge in [0, 0.05) is 6.54 Å². The van der Waals surface area contributed by atoms with Crippen LogP contribution in [0, 0.1) is 0 Å². The van der Waals surface area contributed by atoms with Gasteiger partial charge in [-0.15, -0.1) is 5.10 Å². The van der Waals surface area contributed by atoms with Crippen molar-refractivity contribution in [1.82, 2.24) is 10.2 Å². The quantitative estimate of drug-likeness (QED) is 0.905. The second-order valence-corrected chi connectivity index (χ2v) is 4.99. The summed E-state index contributed by atoms with van der Waals surface area (Å²) in [6.45, 7) is 4.66. The molecule has 5 heteroatoms. The third kappa shape index (κ3) is 2.81. The van der Waals surface area contributed by atoms with Crippen LogP contribution >= 0.6 is 11.3 Å². The summed E-state index contributed by atoms with van der Waals surface area (Å²) in [6.07, 6.45) is 0. The van der Waals surface area contributed by atoms with Gasteiger partial charge in [0.15, 0.2) is 0 Å². The van der Waals surface area contributed by atoms with Gasteiger partial charge in [-0.25, -0.2) is 0 Å². The fraction of sp³-hybridized carbons (Fsp3) is 0.333. The van der Waals surface area contributed by atoms with Crippen molar-refractivity contribution in [3.63, 3.8) is 0 Å². The van der Waals surface area contributed by atoms with Crippen molar-refractivity contribution in [1.29, 1.82) is 0 Å². The number of rotatable bonds is 4. The van der Waals surface area contributed by atoms with Crippen LogP contribution in [-0.4, -0.2) is 10.2 Å². The van der Waals surface area contributed by atoms with E-state index in [-0.39, 0.29) is 0 Å². The first-order valence-electron chi connectivity index (χ1n) is 5.50. The molecule has 2 aromatic rings. The molecule has 1 aromatic heterocycles. The van der Waals surface area contributed by atoms with Crippen LogP contribution in [0.1, 0.15) is 30.3 Å². The van der Waals surface area contributed by atoms with Crippen LogP contribution in [0.15, 0.2) is 24.3 Å². The summed E-state index contributed by atoms with van der Waals surface area (Å²) < 4.78 is 5.74. The molecule has 0 aliphatic heterocycles. The van der Waals surface area contributed by atoms with E-state index in [9.17, 15) is 0 Å². The van der Waals surface area contributed by atoms with Gasteiger partial charge in [0.25, 0.3) is 5.19 Å². The monoisotopic (exact) mass is 249 g/mol. The number of aromatic nitrogens is 2. The van der Waals surface area contributed by atoms with Crippen LogP contribution in [-0.2, 0) is 6.54 Å². The van der Waals surface area contributed by atoms with Crippen LogP contribution < -0.4 is 10.5 Å². The zero-order valence-corrected chi connectivity index (χ0v) is 10.7. The zero-order chi connectivity index (χ0) is 12.3. The predicted molar refractivity (Wildman–Crippen MR) is 68.4 cm³/mol. The second kappa shape index (κ2) is 5.25. The molecule has 0 amide bonds. The second-order valence-electron chi connectivity index (χ2n) is 3.96. The Balaban J connectivity index is 2.23. The molecule has 4 nitrogen and oxygen atoms in total. The highest BCUT2D eigenvalue weighted by molar-refractivity contribution is 7.13. The summed E-state index contributed by atoms with van der Waals surface area (Å²) in [7, 11) is 0. The summed E-state index contributed by atoms with van der Waals surface area (Å²) in [5.41, 5.74) is 6.65. The third-order valence-corrected chi connectivity index (χ3v) is 3.18. The molecule has 0 radical (unpaired) electrons. The SMILES string of the molecule is CC(C)c1ccccc1Oc1nnc(CN)s1. The maximum Gasteiger partial charge on any atom is 0.299 e. The first-order chi connectivity index (χ1) is 8.20. The maximum absolute atomic E-state index is 5.74. The standard InChI is InChI=1S/C12H15N3OS/c1-8(2)9-5-3-4-6-10(9)16-12-15-14-11(7-13)17-12/h3-6,8H,7,13H2,1-2H3. The molecule has 0 fully saturated rings. The number of ether oxygens (including phenoxy) is 1. The fourth-order valence-corrected chi connectivity index (χ4v) is 2.09. The smallest absolute Gasteiger partial charge is 0.299 e. The van der Waals surface area contributed by atoms with Crippen LogP contribution in [0.3, 0.4) is 0 Å². The molecule has 0 spiro atoms. The minimum atomic E-state index is 0.396. The Morgan fingerprint density at radius 1 is 1.29 bits per heavy atom. The summed E-state index contributed by atoms with van der Waals surface area (Å²) in [4.78, 5) is 0. The van der Waals surface area contributed by atoms with Crippen molar-refractivity contribution in [2.75, 3.05) is 0 Å². The van der Waals surface area contributed by atoms with Gasteiger partial charge in [-0.05, 0) is 17.5 Å². The molecule has 0 saturated heterocycles. The molecule has 2 rings (SSSR count). The molecule has 0 atom stereocenters. The van der Waals surface area contributed by atoms with E-state index in [0.717, 1.165) is 16.3 Å². The number of nitrogens with zero attached hydrogens (tertiary/aromatic N) is 2. The highest BCUT2D eigenvalue weighted by Gasteiger charge is 2.10. The van der Waals surface area contributed by atoms with Gasteiger partial charge in [-0.3, -0.25) is 0 Å². The number of hydrogen-bond acceptors (Lipinski definition) is 5. The summed E-state index contributed by atoms with van der Waals surface area (Å²) in [6, 6.07) is 7.96. The zero-order valence-electron chi connectivity index (χ0n) is 9.88. The summed E-state index contributed by atoms with van der Waals surface area (Å²) in [5.74, 6) is 1.25. The average molecular weight is 249 g/mol. The van der Waals surface area contributed by atoms with Crippen LogP contribution in [0.5, 0.6) is 10.9 Å². The van der Waals surface area contributed by atoms with E-state index in [2.05, 4.69) is 30.1 Å². The van der Waals surface area contributed by atoms with Crippen molar-refractivity contribution in [3.05, 3.63) is 34.8 Å². The molecule has 2 N–H and O–H groups in total. The minimum Gasteiger partial charge on any atom is -0.429 e. The molecular formula is C12H15N3OS. The van der Waals surface area contributed by atoms with Gasteiger partial charge in [-0.2, -0.15) is 0 Å². The molecule has 1 heterocycles. The van der Waals surface area contributed by atoms with Crippen molar-refractivity contribution < 1.29 is 4.74 Å². The normalized spacial score (nSPS) is 10.8. The molecule has 0 unspecified atom stereocenters. The highest BCUT2D eigenvalue weighted by Crippen LogP contribution is 2.31. The Morgan fingerprint density at radius 3 is 2.71 bits per heavy atom. The largest absolute Gasteiger partial charge is 0.429 e. The van der Waals surface area contributed by atoms with Gasteiger partial charge in [0.05, 0.1) is 0 Å². The summed E-state index contributed by atoms with van der Waals surface area (Å²) >= 11 is 1.38. The average Bonchev–Trinajstić information content (AvgIpc) is 2.77. The lowest BCUT2D eigenvalue weighted by atomic mass is 10.0. The number of hydrogen-bond donors (Lipinski definition) is 1. The van der Waals surface area contributed by atoms with Gasteiger partial charge in [0.2, 0.25) is 0 Å². The molecule has 90 valence electrons. The van der Waals surface area contributed by atoms with E-state index in [1.807, 2.05) is 18.2 Å². The van der Waals surface area contributed by atoms with Crippen molar-refractivity contribution in [2.24, 2.45) is 5.73 Å². The van der Waals surface area contributed by atoms with E-state index in [1.165, 1.54) is 11.3 Å². The third-order valence-electron chi connectivity index (χ3n) is 2.36. The van der Waals surface area contributed by atoms with Crippen molar-refractivity contribution in [3.8, 4) is 10.9 Å². The first kappa shape index (κ1) is 12.0.